The van der Waals surface area contributed by atoms with E-state index in [1.54, 1.807) is 0 Å². The fourth-order valence-electron chi connectivity index (χ4n) is 0.914. The molecule has 0 aromatic heterocycles. The predicted molar refractivity (Wildman–Crippen MR) is 58.0 cm³/mol. The van der Waals surface area contributed by atoms with Gasteiger partial charge in [0.1, 0.15) is 0 Å². The molecule has 0 fully saturated rings. The van der Waals surface area contributed by atoms with Gasteiger partial charge < -0.3 is 4.74 Å². The lowest BCUT2D eigenvalue weighted by atomic mass is 10.1. The first-order valence-corrected chi connectivity index (χ1v) is 5.59. The van der Waals surface area contributed by atoms with Gasteiger partial charge in [0, 0.05) is 13.2 Å². The zero-order valence-corrected chi connectivity index (χ0v) is 9.28. The lowest BCUT2D eigenvalue weighted by Gasteiger charge is -2.05. The molecule has 0 saturated carbocycles. The molecule has 12 heavy (non-hydrogen) atoms. The van der Waals surface area contributed by atoms with Crippen LogP contribution >= 0.6 is 12.6 Å². The molecule has 0 spiro atoms. The molecule has 0 bridgehead atoms. The van der Waals surface area contributed by atoms with Crippen LogP contribution in [0.2, 0.25) is 0 Å². The Morgan fingerprint density at radius 3 is 2.42 bits per heavy atom. The van der Waals surface area contributed by atoms with Gasteiger partial charge >= 0.3 is 0 Å². The minimum Gasteiger partial charge on any atom is -0.381 e. The maximum Gasteiger partial charge on any atom is 0.0468 e. The Labute approximate surface area is 82.3 Å². The van der Waals surface area contributed by atoms with Crippen molar-refractivity contribution in [3.63, 3.8) is 0 Å². The average Bonchev–Trinajstić information content (AvgIpc) is 2.02. The van der Waals surface area contributed by atoms with Crippen molar-refractivity contribution in [2.75, 3.05) is 19.0 Å². The van der Waals surface area contributed by atoms with E-state index in [9.17, 15) is 0 Å². The van der Waals surface area contributed by atoms with Gasteiger partial charge in [-0.05, 0) is 30.9 Å². The summed E-state index contributed by atoms with van der Waals surface area (Å²) in [5.74, 6) is 1.77. The van der Waals surface area contributed by atoms with Crippen molar-refractivity contribution in [2.45, 2.75) is 39.5 Å². The van der Waals surface area contributed by atoms with Gasteiger partial charge in [-0.25, -0.2) is 0 Å². The number of ether oxygens (including phenoxy) is 1. The second-order valence-electron chi connectivity index (χ2n) is 3.58. The standard InChI is InChI=1S/C10H22OS/c1-10(2)6-8-11-7-4-3-5-9-12/h10,12H,3-9H2,1-2H3. The van der Waals surface area contributed by atoms with Crippen molar-refractivity contribution >= 4 is 12.6 Å². The molecule has 0 unspecified atom stereocenters. The van der Waals surface area contributed by atoms with Gasteiger partial charge in [-0.15, -0.1) is 0 Å². The van der Waals surface area contributed by atoms with Crippen molar-refractivity contribution in [3.05, 3.63) is 0 Å². The first-order chi connectivity index (χ1) is 5.77. The second-order valence-corrected chi connectivity index (χ2v) is 4.03. The number of hydrogen-bond acceptors (Lipinski definition) is 2. The summed E-state index contributed by atoms with van der Waals surface area (Å²) in [4.78, 5) is 0. The Morgan fingerprint density at radius 1 is 1.08 bits per heavy atom. The van der Waals surface area contributed by atoms with E-state index in [-0.39, 0.29) is 0 Å². The van der Waals surface area contributed by atoms with Crippen LogP contribution in [0.4, 0.5) is 0 Å². The highest BCUT2D eigenvalue weighted by atomic mass is 32.1. The van der Waals surface area contributed by atoms with E-state index in [4.69, 9.17) is 4.74 Å². The molecule has 0 aromatic rings. The second kappa shape index (κ2) is 9.40. The van der Waals surface area contributed by atoms with Gasteiger partial charge in [0.2, 0.25) is 0 Å². The van der Waals surface area contributed by atoms with Crippen LogP contribution in [0.1, 0.15) is 39.5 Å². The summed E-state index contributed by atoms with van der Waals surface area (Å²) >= 11 is 4.15. The van der Waals surface area contributed by atoms with Crippen LogP contribution in [-0.4, -0.2) is 19.0 Å². The molecular weight excluding hydrogens is 168 g/mol. The first-order valence-electron chi connectivity index (χ1n) is 4.96. The zero-order valence-electron chi connectivity index (χ0n) is 8.38. The summed E-state index contributed by atoms with van der Waals surface area (Å²) in [5, 5.41) is 0. The lowest BCUT2D eigenvalue weighted by molar-refractivity contribution is 0.120. The molecule has 74 valence electrons. The summed E-state index contributed by atoms with van der Waals surface area (Å²) in [6, 6.07) is 0. The SMILES string of the molecule is CC(C)CCOCCCCCS. The van der Waals surface area contributed by atoms with Crippen molar-refractivity contribution < 1.29 is 4.74 Å². The van der Waals surface area contributed by atoms with Crippen LogP contribution in [0.3, 0.4) is 0 Å². The third-order valence-corrected chi connectivity index (χ3v) is 2.10. The smallest absolute Gasteiger partial charge is 0.0468 e. The summed E-state index contributed by atoms with van der Waals surface area (Å²) in [6.07, 6.45) is 4.85. The van der Waals surface area contributed by atoms with Gasteiger partial charge in [0.15, 0.2) is 0 Å². The topological polar surface area (TPSA) is 9.23 Å². The summed E-state index contributed by atoms with van der Waals surface area (Å²) in [6.45, 7) is 6.31. The minimum atomic E-state index is 0.766. The predicted octanol–water partition coefficient (Wildman–Crippen LogP) is 3.15. The average molecular weight is 190 g/mol. The Kier molecular flexibility index (Phi) is 9.64. The molecule has 0 atom stereocenters. The molecule has 1 nitrogen and oxygen atoms in total. The maximum atomic E-state index is 5.47. The highest BCUT2D eigenvalue weighted by Crippen LogP contribution is 2.01. The van der Waals surface area contributed by atoms with E-state index in [0.717, 1.165) is 24.9 Å². The van der Waals surface area contributed by atoms with Crippen LogP contribution in [0, 0.1) is 5.92 Å². The van der Waals surface area contributed by atoms with Crippen molar-refractivity contribution in [1.82, 2.24) is 0 Å². The molecule has 0 rings (SSSR count). The number of rotatable bonds is 8. The monoisotopic (exact) mass is 190 g/mol. The maximum absolute atomic E-state index is 5.47. The van der Waals surface area contributed by atoms with E-state index < -0.39 is 0 Å². The molecule has 0 radical (unpaired) electrons. The zero-order chi connectivity index (χ0) is 9.23. The normalized spacial score (nSPS) is 11.0. The quantitative estimate of drug-likeness (QED) is 0.457. The largest absolute Gasteiger partial charge is 0.381 e. The molecule has 0 saturated heterocycles. The first kappa shape index (κ1) is 12.3. The highest BCUT2D eigenvalue weighted by molar-refractivity contribution is 7.80. The van der Waals surface area contributed by atoms with Gasteiger partial charge in [-0.3, -0.25) is 0 Å². The lowest BCUT2D eigenvalue weighted by Crippen LogP contribution is -2.00. The van der Waals surface area contributed by atoms with E-state index in [2.05, 4.69) is 26.5 Å². The van der Waals surface area contributed by atoms with Crippen LogP contribution in [0.5, 0.6) is 0 Å². The molecule has 0 amide bonds. The van der Waals surface area contributed by atoms with E-state index in [0.29, 0.717) is 0 Å². The molecule has 0 aliphatic rings. The van der Waals surface area contributed by atoms with E-state index in [1.165, 1.54) is 25.7 Å². The minimum absolute atomic E-state index is 0.766. The van der Waals surface area contributed by atoms with E-state index >= 15 is 0 Å². The summed E-state index contributed by atoms with van der Waals surface area (Å²) < 4.78 is 5.47. The van der Waals surface area contributed by atoms with Crippen molar-refractivity contribution in [1.29, 1.82) is 0 Å². The summed E-state index contributed by atoms with van der Waals surface area (Å²) in [7, 11) is 0. The molecule has 0 aromatic carbocycles. The fraction of sp³-hybridized carbons (Fsp3) is 1.00. The van der Waals surface area contributed by atoms with Crippen LogP contribution in [-0.2, 0) is 4.74 Å². The Balaban J connectivity index is 2.82. The van der Waals surface area contributed by atoms with Crippen LogP contribution < -0.4 is 0 Å². The number of unbranched alkanes of at least 4 members (excludes halogenated alkanes) is 2. The third kappa shape index (κ3) is 10.3. The molecule has 0 N–H and O–H groups in total. The highest BCUT2D eigenvalue weighted by Gasteiger charge is 1.93. The third-order valence-electron chi connectivity index (χ3n) is 1.79. The van der Waals surface area contributed by atoms with Gasteiger partial charge in [0.05, 0.1) is 0 Å². The fourth-order valence-corrected chi connectivity index (χ4v) is 1.14. The Morgan fingerprint density at radius 2 is 1.83 bits per heavy atom. The van der Waals surface area contributed by atoms with Gasteiger partial charge in [-0.1, -0.05) is 20.3 Å². The van der Waals surface area contributed by atoms with Crippen LogP contribution in [0.15, 0.2) is 0 Å². The van der Waals surface area contributed by atoms with Crippen molar-refractivity contribution in [3.8, 4) is 0 Å². The molecule has 2 heteroatoms. The molecule has 0 aliphatic heterocycles. The van der Waals surface area contributed by atoms with Gasteiger partial charge in [-0.2, -0.15) is 12.6 Å². The number of thiol groups is 1. The summed E-state index contributed by atoms with van der Waals surface area (Å²) in [5.41, 5.74) is 0. The van der Waals surface area contributed by atoms with Crippen LogP contribution in [0.25, 0.3) is 0 Å². The van der Waals surface area contributed by atoms with E-state index in [1.807, 2.05) is 0 Å². The molecular formula is C10H22OS. The van der Waals surface area contributed by atoms with Gasteiger partial charge in [0.25, 0.3) is 0 Å². The molecule has 0 aliphatic carbocycles. The number of hydrogen-bond donors (Lipinski definition) is 1. The van der Waals surface area contributed by atoms with Crippen molar-refractivity contribution in [2.24, 2.45) is 5.92 Å². The molecule has 0 heterocycles. The Bertz CT molecular complexity index is 83.9. The Hall–Kier alpha value is 0.310.